The van der Waals surface area contributed by atoms with Crippen molar-refractivity contribution in [2.75, 3.05) is 38.2 Å². The molecule has 0 atom stereocenters. The molecule has 0 saturated carbocycles. The van der Waals surface area contributed by atoms with Crippen LogP contribution in [0.15, 0.2) is 24.3 Å². The lowest BCUT2D eigenvalue weighted by molar-refractivity contribution is -0.117. The molecule has 0 unspecified atom stereocenters. The highest BCUT2D eigenvalue weighted by Crippen LogP contribution is 2.12. The Morgan fingerprint density at radius 3 is 2.39 bits per heavy atom. The number of aliphatic hydroxyl groups excluding tert-OH is 2. The van der Waals surface area contributed by atoms with Crippen molar-refractivity contribution in [2.45, 2.75) is 6.92 Å². The summed E-state index contributed by atoms with van der Waals surface area (Å²) in [4.78, 5) is 13.5. The molecule has 0 fully saturated rings. The van der Waals surface area contributed by atoms with Crippen LogP contribution >= 0.6 is 0 Å². The van der Waals surface area contributed by atoms with Crippen molar-refractivity contribution in [3.05, 3.63) is 29.8 Å². The number of hydrogen-bond acceptors (Lipinski definition) is 4. The molecule has 0 aliphatic heterocycles. The van der Waals surface area contributed by atoms with Crippen LogP contribution in [-0.2, 0) is 4.79 Å². The van der Waals surface area contributed by atoms with Crippen LogP contribution in [0.25, 0.3) is 0 Å². The number of carbonyl (C=O) groups is 1. The molecular weight excluding hydrogens is 232 g/mol. The minimum absolute atomic E-state index is 0.0301. The SMILES string of the molecule is Cc1ccccc1NC(=O)CN(CCO)CCO. The molecular formula is C13H20N2O3. The summed E-state index contributed by atoms with van der Waals surface area (Å²) in [6.07, 6.45) is 0. The fraction of sp³-hybridized carbons (Fsp3) is 0.462. The van der Waals surface area contributed by atoms with E-state index in [9.17, 15) is 4.79 Å². The molecule has 1 aromatic rings. The molecule has 0 radical (unpaired) electrons. The maximum Gasteiger partial charge on any atom is 0.238 e. The summed E-state index contributed by atoms with van der Waals surface area (Å²) in [7, 11) is 0. The van der Waals surface area contributed by atoms with Gasteiger partial charge in [0.25, 0.3) is 0 Å². The standard InChI is InChI=1S/C13H20N2O3/c1-11-4-2-3-5-12(11)14-13(18)10-15(6-8-16)7-9-17/h2-5,16-17H,6-10H2,1H3,(H,14,18). The molecule has 18 heavy (non-hydrogen) atoms. The zero-order valence-corrected chi connectivity index (χ0v) is 10.6. The molecule has 5 heteroatoms. The number of nitrogens with one attached hydrogen (secondary N) is 1. The number of hydrogen-bond donors (Lipinski definition) is 3. The van der Waals surface area contributed by atoms with E-state index in [1.807, 2.05) is 31.2 Å². The highest BCUT2D eigenvalue weighted by Gasteiger charge is 2.10. The number of amides is 1. The van der Waals surface area contributed by atoms with Gasteiger partial charge in [-0.25, -0.2) is 0 Å². The molecule has 5 nitrogen and oxygen atoms in total. The van der Waals surface area contributed by atoms with Crippen LogP contribution in [0.1, 0.15) is 5.56 Å². The predicted molar refractivity (Wildman–Crippen MR) is 70.4 cm³/mol. The van der Waals surface area contributed by atoms with E-state index >= 15 is 0 Å². The van der Waals surface area contributed by atoms with Crippen LogP contribution in [-0.4, -0.2) is 53.9 Å². The topological polar surface area (TPSA) is 72.8 Å². The maximum absolute atomic E-state index is 11.8. The Morgan fingerprint density at radius 2 is 1.83 bits per heavy atom. The van der Waals surface area contributed by atoms with E-state index in [1.165, 1.54) is 0 Å². The molecule has 3 N–H and O–H groups in total. The number of nitrogens with zero attached hydrogens (tertiary/aromatic N) is 1. The zero-order chi connectivity index (χ0) is 13.4. The first-order valence-electron chi connectivity index (χ1n) is 5.97. The number of aryl methyl sites for hydroxylation is 1. The van der Waals surface area contributed by atoms with Crippen LogP contribution in [0.4, 0.5) is 5.69 Å². The molecule has 0 aliphatic rings. The number of anilines is 1. The first-order chi connectivity index (χ1) is 8.67. The molecule has 1 aromatic carbocycles. The van der Waals surface area contributed by atoms with E-state index in [0.717, 1.165) is 11.3 Å². The van der Waals surface area contributed by atoms with Gasteiger partial charge in [0, 0.05) is 18.8 Å². The van der Waals surface area contributed by atoms with Crippen LogP contribution in [0.2, 0.25) is 0 Å². The van der Waals surface area contributed by atoms with Crippen molar-refractivity contribution in [3.63, 3.8) is 0 Å². The van der Waals surface area contributed by atoms with E-state index in [4.69, 9.17) is 10.2 Å². The zero-order valence-electron chi connectivity index (χ0n) is 10.6. The van der Waals surface area contributed by atoms with Gasteiger partial charge in [-0.05, 0) is 18.6 Å². The van der Waals surface area contributed by atoms with Crippen molar-refractivity contribution < 1.29 is 15.0 Å². The lowest BCUT2D eigenvalue weighted by Gasteiger charge is -2.19. The van der Waals surface area contributed by atoms with Gasteiger partial charge in [0.15, 0.2) is 0 Å². The molecule has 1 amide bonds. The monoisotopic (exact) mass is 252 g/mol. The Balaban J connectivity index is 2.52. The largest absolute Gasteiger partial charge is 0.395 e. The third kappa shape index (κ3) is 4.83. The number of para-hydroxylation sites is 1. The highest BCUT2D eigenvalue weighted by molar-refractivity contribution is 5.92. The second-order valence-corrected chi connectivity index (χ2v) is 4.09. The summed E-state index contributed by atoms with van der Waals surface area (Å²) in [5.41, 5.74) is 1.79. The van der Waals surface area contributed by atoms with Crippen LogP contribution in [0, 0.1) is 6.92 Å². The first kappa shape index (κ1) is 14.6. The minimum Gasteiger partial charge on any atom is -0.395 e. The lowest BCUT2D eigenvalue weighted by atomic mass is 10.2. The molecule has 0 saturated heterocycles. The quantitative estimate of drug-likeness (QED) is 0.649. The second kappa shape index (κ2) is 7.81. The van der Waals surface area contributed by atoms with Crippen LogP contribution in [0.5, 0.6) is 0 Å². The van der Waals surface area contributed by atoms with Gasteiger partial charge in [-0.1, -0.05) is 18.2 Å². The van der Waals surface area contributed by atoms with Gasteiger partial charge < -0.3 is 15.5 Å². The second-order valence-electron chi connectivity index (χ2n) is 4.09. The maximum atomic E-state index is 11.8. The predicted octanol–water partition coefficient (Wildman–Crippen LogP) is 0.220. The van der Waals surface area contributed by atoms with Gasteiger partial charge in [0.05, 0.1) is 19.8 Å². The Bertz CT molecular complexity index is 376. The Labute approximate surface area is 107 Å². The summed E-state index contributed by atoms with van der Waals surface area (Å²) < 4.78 is 0. The minimum atomic E-state index is -0.147. The number of benzene rings is 1. The van der Waals surface area contributed by atoms with E-state index < -0.39 is 0 Å². The Morgan fingerprint density at radius 1 is 1.22 bits per heavy atom. The number of carbonyl (C=O) groups excluding carboxylic acids is 1. The normalized spacial score (nSPS) is 10.7. The summed E-state index contributed by atoms with van der Waals surface area (Å²) in [5, 5.41) is 20.5. The molecule has 0 heterocycles. The molecule has 0 aliphatic carbocycles. The number of aliphatic hydroxyl groups is 2. The van der Waals surface area contributed by atoms with Gasteiger partial charge in [0.1, 0.15) is 0 Å². The van der Waals surface area contributed by atoms with Crippen molar-refractivity contribution in [2.24, 2.45) is 0 Å². The third-order valence-electron chi connectivity index (χ3n) is 2.62. The lowest BCUT2D eigenvalue weighted by Crippen LogP contribution is -2.37. The Hall–Kier alpha value is -1.43. The van der Waals surface area contributed by atoms with Gasteiger partial charge in [0.2, 0.25) is 5.91 Å². The van der Waals surface area contributed by atoms with Crippen molar-refractivity contribution >= 4 is 11.6 Å². The molecule has 0 bridgehead atoms. The van der Waals surface area contributed by atoms with Crippen molar-refractivity contribution in [1.82, 2.24) is 4.90 Å². The van der Waals surface area contributed by atoms with Crippen molar-refractivity contribution in [1.29, 1.82) is 0 Å². The molecule has 1 rings (SSSR count). The molecule has 100 valence electrons. The molecule has 0 aromatic heterocycles. The fourth-order valence-corrected chi connectivity index (χ4v) is 1.66. The average molecular weight is 252 g/mol. The summed E-state index contributed by atoms with van der Waals surface area (Å²) in [6.45, 7) is 2.78. The van der Waals surface area contributed by atoms with Gasteiger partial charge in [-0.15, -0.1) is 0 Å². The van der Waals surface area contributed by atoms with Crippen LogP contribution in [0.3, 0.4) is 0 Å². The third-order valence-corrected chi connectivity index (χ3v) is 2.62. The van der Waals surface area contributed by atoms with E-state index in [1.54, 1.807) is 4.90 Å². The summed E-state index contributed by atoms with van der Waals surface area (Å²) >= 11 is 0. The van der Waals surface area contributed by atoms with Gasteiger partial charge >= 0.3 is 0 Å². The molecule has 0 spiro atoms. The van der Waals surface area contributed by atoms with Gasteiger partial charge in [-0.2, -0.15) is 0 Å². The van der Waals surface area contributed by atoms with E-state index in [2.05, 4.69) is 5.32 Å². The summed E-state index contributed by atoms with van der Waals surface area (Å²) in [6, 6.07) is 7.54. The van der Waals surface area contributed by atoms with Crippen molar-refractivity contribution in [3.8, 4) is 0 Å². The highest BCUT2D eigenvalue weighted by atomic mass is 16.3. The first-order valence-corrected chi connectivity index (χ1v) is 5.97. The fourth-order valence-electron chi connectivity index (χ4n) is 1.66. The summed E-state index contributed by atoms with van der Waals surface area (Å²) in [5.74, 6) is -0.147. The van der Waals surface area contributed by atoms with E-state index in [0.29, 0.717) is 13.1 Å². The number of rotatable bonds is 7. The van der Waals surface area contributed by atoms with E-state index in [-0.39, 0.29) is 25.7 Å². The van der Waals surface area contributed by atoms with Gasteiger partial charge in [-0.3, -0.25) is 9.69 Å². The van der Waals surface area contributed by atoms with Crippen LogP contribution < -0.4 is 5.32 Å². The smallest absolute Gasteiger partial charge is 0.238 e. The average Bonchev–Trinajstić information content (AvgIpc) is 2.33. The Kier molecular flexibility index (Phi) is 6.35.